The average Bonchev–Trinajstić information content (AvgIpc) is 2.07. The van der Waals surface area contributed by atoms with Gasteiger partial charge in [0.1, 0.15) is 5.75 Å². The van der Waals surface area contributed by atoms with Crippen LogP contribution in [0.4, 0.5) is 0 Å². The maximum Gasteiger partial charge on any atom is 0.120 e. The molecule has 0 amide bonds. The highest BCUT2D eigenvalue weighted by Crippen LogP contribution is 2.24. The fourth-order valence-electron chi connectivity index (χ4n) is 0.797. The van der Waals surface area contributed by atoms with Gasteiger partial charge in [-0.05, 0) is 24.6 Å². The number of benzene rings is 1. The summed E-state index contributed by atoms with van der Waals surface area (Å²) in [5, 5.41) is 0.631. The summed E-state index contributed by atoms with van der Waals surface area (Å²) in [7, 11) is 0. The molecular formula is C9H11ClOS. The number of ether oxygens (including phenoxy) is 1. The van der Waals surface area contributed by atoms with Gasteiger partial charge in [0.05, 0.1) is 11.6 Å². The second kappa shape index (κ2) is 4.63. The molecule has 0 saturated heterocycles. The number of halogens is 1. The van der Waals surface area contributed by atoms with Crippen molar-refractivity contribution < 1.29 is 4.74 Å². The van der Waals surface area contributed by atoms with E-state index in [1.165, 1.54) is 0 Å². The molecule has 0 aliphatic heterocycles. The summed E-state index contributed by atoms with van der Waals surface area (Å²) in [4.78, 5) is 0.778. The van der Waals surface area contributed by atoms with E-state index < -0.39 is 0 Å². The van der Waals surface area contributed by atoms with Gasteiger partial charge in [-0.3, -0.25) is 0 Å². The van der Waals surface area contributed by atoms with Crippen molar-refractivity contribution in [2.24, 2.45) is 0 Å². The van der Waals surface area contributed by atoms with E-state index in [2.05, 4.69) is 19.6 Å². The molecule has 0 aromatic heterocycles. The summed E-state index contributed by atoms with van der Waals surface area (Å²) < 4.78 is 5.37. The fraction of sp³-hybridized carbons (Fsp3) is 0.333. The Hall–Kier alpha value is -0.340. The van der Waals surface area contributed by atoms with Gasteiger partial charge < -0.3 is 4.74 Å². The van der Waals surface area contributed by atoms with Crippen molar-refractivity contribution in [2.75, 3.05) is 6.61 Å². The van der Waals surface area contributed by atoms with E-state index >= 15 is 0 Å². The van der Waals surface area contributed by atoms with Gasteiger partial charge >= 0.3 is 0 Å². The fourth-order valence-corrected chi connectivity index (χ4v) is 1.11. The summed E-state index contributed by atoms with van der Waals surface area (Å²) in [5.41, 5.74) is 0. The minimum atomic E-state index is 0.631. The zero-order valence-electron chi connectivity index (χ0n) is 6.88. The molecule has 1 nitrogen and oxygen atoms in total. The number of rotatable bonds is 3. The molecule has 0 radical (unpaired) electrons. The third kappa shape index (κ3) is 2.61. The topological polar surface area (TPSA) is 9.23 Å². The van der Waals surface area contributed by atoms with E-state index in [0.29, 0.717) is 5.02 Å². The smallest absolute Gasteiger partial charge is 0.120 e. The summed E-state index contributed by atoms with van der Waals surface area (Å²) in [6, 6.07) is 5.47. The molecule has 0 bridgehead atoms. The first-order valence-electron chi connectivity index (χ1n) is 3.85. The van der Waals surface area contributed by atoms with Crippen molar-refractivity contribution in [2.45, 2.75) is 18.2 Å². The maximum atomic E-state index is 5.84. The Labute approximate surface area is 83.1 Å². The van der Waals surface area contributed by atoms with Gasteiger partial charge in [0.15, 0.2) is 0 Å². The Morgan fingerprint density at radius 1 is 1.50 bits per heavy atom. The van der Waals surface area contributed by atoms with E-state index in [1.54, 1.807) is 6.07 Å². The maximum absolute atomic E-state index is 5.84. The van der Waals surface area contributed by atoms with Crippen LogP contribution in [0.3, 0.4) is 0 Å². The van der Waals surface area contributed by atoms with Crippen molar-refractivity contribution in [3.63, 3.8) is 0 Å². The molecule has 12 heavy (non-hydrogen) atoms. The highest BCUT2D eigenvalue weighted by atomic mass is 35.5. The number of hydrogen-bond donors (Lipinski definition) is 1. The van der Waals surface area contributed by atoms with Crippen LogP contribution in [-0.4, -0.2) is 6.61 Å². The van der Waals surface area contributed by atoms with E-state index in [9.17, 15) is 0 Å². The Morgan fingerprint density at radius 2 is 2.25 bits per heavy atom. The van der Waals surface area contributed by atoms with E-state index in [-0.39, 0.29) is 0 Å². The normalized spacial score (nSPS) is 9.92. The lowest BCUT2D eigenvalue weighted by molar-refractivity contribution is 0.317. The molecule has 0 atom stereocenters. The minimum Gasteiger partial charge on any atom is -0.494 e. The second-order valence-electron chi connectivity index (χ2n) is 2.46. The lowest BCUT2D eigenvalue weighted by Crippen LogP contribution is -1.94. The zero-order valence-corrected chi connectivity index (χ0v) is 8.53. The van der Waals surface area contributed by atoms with Crippen molar-refractivity contribution in [3.8, 4) is 5.75 Å². The van der Waals surface area contributed by atoms with Gasteiger partial charge in [-0.1, -0.05) is 18.5 Å². The lowest BCUT2D eigenvalue weighted by atomic mass is 10.3. The van der Waals surface area contributed by atoms with Crippen LogP contribution in [0, 0.1) is 0 Å². The van der Waals surface area contributed by atoms with Gasteiger partial charge in [0.2, 0.25) is 0 Å². The molecule has 0 aliphatic carbocycles. The zero-order chi connectivity index (χ0) is 8.97. The van der Waals surface area contributed by atoms with Gasteiger partial charge in [-0.2, -0.15) is 0 Å². The monoisotopic (exact) mass is 202 g/mol. The Morgan fingerprint density at radius 3 is 2.83 bits per heavy atom. The molecule has 1 aromatic carbocycles. The summed E-state index contributed by atoms with van der Waals surface area (Å²) >= 11 is 9.98. The standard InChI is InChI=1S/C9H11ClOS/c1-2-5-11-7-3-4-9(12)8(10)6-7/h3-4,6,12H,2,5H2,1H3. The van der Waals surface area contributed by atoms with Crippen LogP contribution in [0.2, 0.25) is 5.02 Å². The first kappa shape index (κ1) is 9.75. The Bertz CT molecular complexity index is 263. The Kier molecular flexibility index (Phi) is 3.76. The predicted octanol–water partition coefficient (Wildman–Crippen LogP) is 3.42. The van der Waals surface area contributed by atoms with Crippen molar-refractivity contribution in [1.82, 2.24) is 0 Å². The molecule has 0 N–H and O–H groups in total. The summed E-state index contributed by atoms with van der Waals surface area (Å²) in [6.07, 6.45) is 1.00. The SMILES string of the molecule is CCCOc1ccc(S)c(Cl)c1. The highest BCUT2D eigenvalue weighted by Gasteiger charge is 1.97. The van der Waals surface area contributed by atoms with E-state index in [4.69, 9.17) is 16.3 Å². The van der Waals surface area contributed by atoms with Gasteiger partial charge in [-0.25, -0.2) is 0 Å². The molecule has 66 valence electrons. The van der Waals surface area contributed by atoms with Crippen LogP contribution in [0.15, 0.2) is 23.1 Å². The molecule has 1 aromatic rings. The molecule has 3 heteroatoms. The largest absolute Gasteiger partial charge is 0.494 e. The van der Waals surface area contributed by atoms with Gasteiger partial charge in [0.25, 0.3) is 0 Å². The van der Waals surface area contributed by atoms with Crippen LogP contribution in [0.25, 0.3) is 0 Å². The molecule has 1 rings (SSSR count). The molecule has 0 saturated carbocycles. The summed E-state index contributed by atoms with van der Waals surface area (Å²) in [6.45, 7) is 2.79. The van der Waals surface area contributed by atoms with E-state index in [1.807, 2.05) is 12.1 Å². The molecule has 0 spiro atoms. The minimum absolute atomic E-state index is 0.631. The molecular weight excluding hydrogens is 192 g/mol. The van der Waals surface area contributed by atoms with Crippen molar-refractivity contribution >= 4 is 24.2 Å². The predicted molar refractivity (Wildman–Crippen MR) is 54.5 cm³/mol. The molecule has 0 fully saturated rings. The highest BCUT2D eigenvalue weighted by molar-refractivity contribution is 7.80. The number of thiol groups is 1. The van der Waals surface area contributed by atoms with Gasteiger partial charge in [0, 0.05) is 4.90 Å². The first-order valence-corrected chi connectivity index (χ1v) is 4.68. The van der Waals surface area contributed by atoms with E-state index in [0.717, 1.165) is 23.7 Å². The van der Waals surface area contributed by atoms with Crippen LogP contribution in [0.1, 0.15) is 13.3 Å². The third-order valence-electron chi connectivity index (χ3n) is 1.39. The summed E-state index contributed by atoms with van der Waals surface area (Å²) in [5.74, 6) is 0.805. The third-order valence-corrected chi connectivity index (χ3v) is 2.23. The van der Waals surface area contributed by atoms with Crippen LogP contribution < -0.4 is 4.74 Å². The van der Waals surface area contributed by atoms with Crippen molar-refractivity contribution in [3.05, 3.63) is 23.2 Å². The quantitative estimate of drug-likeness (QED) is 0.740. The molecule has 0 heterocycles. The lowest BCUT2D eigenvalue weighted by Gasteiger charge is -2.04. The molecule has 0 aliphatic rings. The number of hydrogen-bond acceptors (Lipinski definition) is 2. The van der Waals surface area contributed by atoms with Gasteiger partial charge in [-0.15, -0.1) is 12.6 Å². The molecule has 0 unspecified atom stereocenters. The second-order valence-corrected chi connectivity index (χ2v) is 3.35. The van der Waals surface area contributed by atoms with Crippen LogP contribution in [-0.2, 0) is 0 Å². The van der Waals surface area contributed by atoms with Crippen LogP contribution in [0.5, 0.6) is 5.75 Å². The first-order chi connectivity index (χ1) is 5.74. The van der Waals surface area contributed by atoms with Crippen molar-refractivity contribution in [1.29, 1.82) is 0 Å². The van der Waals surface area contributed by atoms with Crippen LogP contribution >= 0.6 is 24.2 Å². The average molecular weight is 203 g/mol. The Balaban J connectivity index is 2.69.